The lowest BCUT2D eigenvalue weighted by Gasteiger charge is -2.20. The van der Waals surface area contributed by atoms with Crippen LogP contribution in [0, 0.1) is 0 Å². The van der Waals surface area contributed by atoms with Gasteiger partial charge < -0.3 is 5.73 Å². The maximum absolute atomic E-state index is 6.19. The molecular weight excluding hydrogens is 206 g/mol. The van der Waals surface area contributed by atoms with Gasteiger partial charge in [0.05, 0.1) is 0 Å². The van der Waals surface area contributed by atoms with Crippen molar-refractivity contribution in [2.75, 3.05) is 0 Å². The SMILES string of the molecule is CCCCC[C@@H](N)c1ccc(C(C)(C)C)cc1. The molecule has 0 saturated heterocycles. The molecule has 0 aliphatic rings. The van der Waals surface area contributed by atoms with Gasteiger partial charge >= 0.3 is 0 Å². The molecule has 0 fully saturated rings. The van der Waals surface area contributed by atoms with Crippen LogP contribution >= 0.6 is 0 Å². The summed E-state index contributed by atoms with van der Waals surface area (Å²) < 4.78 is 0. The second-order valence-corrected chi connectivity index (χ2v) is 5.97. The normalized spacial score (nSPS) is 13.7. The fourth-order valence-corrected chi connectivity index (χ4v) is 2.01. The molecule has 96 valence electrons. The van der Waals surface area contributed by atoms with Crippen LogP contribution in [-0.4, -0.2) is 0 Å². The minimum atomic E-state index is 0.204. The molecule has 0 radical (unpaired) electrons. The summed E-state index contributed by atoms with van der Waals surface area (Å²) in [6, 6.07) is 9.02. The summed E-state index contributed by atoms with van der Waals surface area (Å²) >= 11 is 0. The van der Waals surface area contributed by atoms with Crippen molar-refractivity contribution in [3.8, 4) is 0 Å². The second kappa shape index (κ2) is 6.20. The highest BCUT2D eigenvalue weighted by Gasteiger charge is 2.13. The Hall–Kier alpha value is -0.820. The zero-order valence-corrected chi connectivity index (χ0v) is 11.8. The summed E-state index contributed by atoms with van der Waals surface area (Å²) in [5, 5.41) is 0. The molecule has 0 spiro atoms. The van der Waals surface area contributed by atoms with Crippen LogP contribution in [0.3, 0.4) is 0 Å². The van der Waals surface area contributed by atoms with Crippen molar-refractivity contribution in [1.29, 1.82) is 0 Å². The van der Waals surface area contributed by atoms with Gasteiger partial charge in [-0.05, 0) is 23.0 Å². The predicted molar refractivity (Wildman–Crippen MR) is 76.2 cm³/mol. The van der Waals surface area contributed by atoms with Gasteiger partial charge in [0.2, 0.25) is 0 Å². The molecule has 1 aromatic rings. The molecule has 1 rings (SSSR count). The molecule has 0 saturated carbocycles. The van der Waals surface area contributed by atoms with E-state index in [0.717, 1.165) is 6.42 Å². The lowest BCUT2D eigenvalue weighted by molar-refractivity contribution is 0.575. The van der Waals surface area contributed by atoms with E-state index >= 15 is 0 Å². The lowest BCUT2D eigenvalue weighted by atomic mass is 9.86. The van der Waals surface area contributed by atoms with Crippen LogP contribution in [0.4, 0.5) is 0 Å². The average molecular weight is 233 g/mol. The molecule has 0 amide bonds. The Balaban J connectivity index is 2.61. The van der Waals surface area contributed by atoms with E-state index in [1.54, 1.807) is 0 Å². The van der Waals surface area contributed by atoms with Gasteiger partial charge in [0.25, 0.3) is 0 Å². The van der Waals surface area contributed by atoms with Gasteiger partial charge in [-0.15, -0.1) is 0 Å². The van der Waals surface area contributed by atoms with Crippen LogP contribution in [0.1, 0.15) is 70.5 Å². The van der Waals surface area contributed by atoms with Gasteiger partial charge in [-0.1, -0.05) is 71.2 Å². The first-order valence-electron chi connectivity index (χ1n) is 6.81. The highest BCUT2D eigenvalue weighted by atomic mass is 14.6. The summed E-state index contributed by atoms with van der Waals surface area (Å²) in [6.07, 6.45) is 4.88. The molecule has 2 N–H and O–H groups in total. The zero-order chi connectivity index (χ0) is 12.9. The van der Waals surface area contributed by atoms with E-state index in [1.165, 1.54) is 30.4 Å². The second-order valence-electron chi connectivity index (χ2n) is 5.97. The maximum atomic E-state index is 6.19. The van der Waals surface area contributed by atoms with Crippen molar-refractivity contribution < 1.29 is 0 Å². The van der Waals surface area contributed by atoms with Gasteiger partial charge in [-0.25, -0.2) is 0 Å². The monoisotopic (exact) mass is 233 g/mol. The smallest absolute Gasteiger partial charge is 0.0294 e. The van der Waals surface area contributed by atoms with Crippen molar-refractivity contribution in [2.24, 2.45) is 5.73 Å². The molecule has 0 heterocycles. The van der Waals surface area contributed by atoms with Crippen molar-refractivity contribution in [1.82, 2.24) is 0 Å². The Labute approximate surface area is 106 Å². The van der Waals surface area contributed by atoms with Gasteiger partial charge in [0.15, 0.2) is 0 Å². The Bertz CT molecular complexity index is 318. The van der Waals surface area contributed by atoms with Crippen LogP contribution in [0.5, 0.6) is 0 Å². The fourth-order valence-electron chi connectivity index (χ4n) is 2.01. The molecule has 17 heavy (non-hydrogen) atoms. The van der Waals surface area contributed by atoms with Crippen LogP contribution in [-0.2, 0) is 5.41 Å². The molecule has 0 unspecified atom stereocenters. The highest BCUT2D eigenvalue weighted by Crippen LogP contribution is 2.24. The Morgan fingerprint density at radius 3 is 2.12 bits per heavy atom. The highest BCUT2D eigenvalue weighted by molar-refractivity contribution is 5.29. The molecular formula is C16H27N. The molecule has 1 nitrogen and oxygen atoms in total. The summed E-state index contributed by atoms with van der Waals surface area (Å²) in [4.78, 5) is 0. The Kier molecular flexibility index (Phi) is 5.20. The number of unbranched alkanes of at least 4 members (excludes halogenated alkanes) is 2. The van der Waals surface area contributed by atoms with Crippen molar-refractivity contribution in [3.05, 3.63) is 35.4 Å². The van der Waals surface area contributed by atoms with E-state index in [0.29, 0.717) is 0 Å². The maximum Gasteiger partial charge on any atom is 0.0294 e. The van der Waals surface area contributed by atoms with Crippen molar-refractivity contribution in [2.45, 2.75) is 64.8 Å². The van der Waals surface area contributed by atoms with Crippen LogP contribution in [0.25, 0.3) is 0 Å². The first-order chi connectivity index (χ1) is 7.95. The minimum Gasteiger partial charge on any atom is -0.324 e. The lowest BCUT2D eigenvalue weighted by Crippen LogP contribution is -2.13. The van der Waals surface area contributed by atoms with E-state index in [2.05, 4.69) is 52.0 Å². The standard InChI is InChI=1S/C16H27N/c1-5-6-7-8-15(17)13-9-11-14(12-10-13)16(2,3)4/h9-12,15H,5-8,17H2,1-4H3/t15-/m1/s1. The molecule has 1 heteroatoms. The third-order valence-corrected chi connectivity index (χ3v) is 3.32. The summed E-state index contributed by atoms with van der Waals surface area (Å²) in [7, 11) is 0. The van der Waals surface area contributed by atoms with Gasteiger partial charge in [0.1, 0.15) is 0 Å². The van der Waals surface area contributed by atoms with Crippen LogP contribution in [0.15, 0.2) is 24.3 Å². The summed E-state index contributed by atoms with van der Waals surface area (Å²) in [6.45, 7) is 8.94. The Morgan fingerprint density at radius 2 is 1.65 bits per heavy atom. The first-order valence-corrected chi connectivity index (χ1v) is 6.81. The topological polar surface area (TPSA) is 26.0 Å². The summed E-state index contributed by atoms with van der Waals surface area (Å²) in [5.41, 5.74) is 9.07. The molecule has 0 aromatic heterocycles. The molecule has 0 aliphatic heterocycles. The van der Waals surface area contributed by atoms with E-state index in [4.69, 9.17) is 5.73 Å². The average Bonchev–Trinajstić information content (AvgIpc) is 2.28. The zero-order valence-electron chi connectivity index (χ0n) is 11.8. The van der Waals surface area contributed by atoms with Crippen molar-refractivity contribution in [3.63, 3.8) is 0 Å². The van der Waals surface area contributed by atoms with Gasteiger partial charge in [-0.3, -0.25) is 0 Å². The minimum absolute atomic E-state index is 0.204. The summed E-state index contributed by atoms with van der Waals surface area (Å²) in [5.74, 6) is 0. The number of benzene rings is 1. The third-order valence-electron chi connectivity index (χ3n) is 3.32. The number of rotatable bonds is 5. The van der Waals surface area contributed by atoms with Crippen LogP contribution in [0.2, 0.25) is 0 Å². The number of hydrogen-bond acceptors (Lipinski definition) is 1. The molecule has 0 bridgehead atoms. The Morgan fingerprint density at radius 1 is 1.06 bits per heavy atom. The predicted octanol–water partition coefficient (Wildman–Crippen LogP) is 4.56. The number of hydrogen-bond donors (Lipinski definition) is 1. The molecule has 0 aliphatic carbocycles. The van der Waals surface area contributed by atoms with Crippen molar-refractivity contribution >= 4 is 0 Å². The van der Waals surface area contributed by atoms with E-state index in [-0.39, 0.29) is 11.5 Å². The largest absolute Gasteiger partial charge is 0.324 e. The van der Waals surface area contributed by atoms with E-state index in [9.17, 15) is 0 Å². The number of nitrogens with two attached hydrogens (primary N) is 1. The van der Waals surface area contributed by atoms with Crippen LogP contribution < -0.4 is 5.73 Å². The first kappa shape index (κ1) is 14.2. The van der Waals surface area contributed by atoms with E-state index < -0.39 is 0 Å². The van der Waals surface area contributed by atoms with Gasteiger partial charge in [0, 0.05) is 6.04 Å². The molecule has 1 aromatic carbocycles. The fraction of sp³-hybridized carbons (Fsp3) is 0.625. The molecule has 1 atom stereocenters. The quantitative estimate of drug-likeness (QED) is 0.741. The third kappa shape index (κ3) is 4.51. The van der Waals surface area contributed by atoms with Gasteiger partial charge in [-0.2, -0.15) is 0 Å². The van der Waals surface area contributed by atoms with E-state index in [1.807, 2.05) is 0 Å².